The molecule has 0 bridgehead atoms. The summed E-state index contributed by atoms with van der Waals surface area (Å²) in [5, 5.41) is 3.11. The summed E-state index contributed by atoms with van der Waals surface area (Å²) in [6.45, 7) is 10.1. The number of esters is 1. The monoisotopic (exact) mass is 217 g/mol. The van der Waals surface area contributed by atoms with E-state index < -0.39 is 0 Å². The van der Waals surface area contributed by atoms with Crippen LogP contribution in [-0.4, -0.2) is 38.4 Å². The molecule has 90 valence electrons. The van der Waals surface area contributed by atoms with E-state index in [1.165, 1.54) is 0 Å². The summed E-state index contributed by atoms with van der Waals surface area (Å²) in [7, 11) is 0. The molecular formula is C11H23NO3. The zero-order valence-electron chi connectivity index (χ0n) is 10.2. The summed E-state index contributed by atoms with van der Waals surface area (Å²) in [6.07, 6.45) is 0.183. The minimum absolute atomic E-state index is 0.0935. The Kier molecular flexibility index (Phi) is 8.33. The summed E-state index contributed by atoms with van der Waals surface area (Å²) in [5.74, 6) is -0.257. The molecule has 0 spiro atoms. The van der Waals surface area contributed by atoms with Crippen molar-refractivity contribution in [2.24, 2.45) is 5.92 Å². The van der Waals surface area contributed by atoms with Gasteiger partial charge in [-0.25, -0.2) is 0 Å². The molecule has 0 radical (unpaired) electrons. The Labute approximate surface area is 92.3 Å². The van der Waals surface area contributed by atoms with Gasteiger partial charge in [0.1, 0.15) is 6.61 Å². The van der Waals surface area contributed by atoms with E-state index >= 15 is 0 Å². The lowest BCUT2D eigenvalue weighted by atomic mass is 10.2. The Balaban J connectivity index is 3.47. The van der Waals surface area contributed by atoms with Gasteiger partial charge in [-0.3, -0.25) is 4.79 Å². The zero-order chi connectivity index (χ0) is 11.7. The lowest BCUT2D eigenvalue weighted by molar-refractivity contribution is -0.149. The molecule has 0 amide bonds. The maximum atomic E-state index is 11.4. The van der Waals surface area contributed by atoms with Crippen molar-refractivity contribution in [2.75, 3.05) is 26.3 Å². The minimum Gasteiger partial charge on any atom is -0.463 e. The number of hydrogen-bond donors (Lipinski definition) is 1. The van der Waals surface area contributed by atoms with Gasteiger partial charge in [0.25, 0.3) is 0 Å². The van der Waals surface area contributed by atoms with Gasteiger partial charge in [-0.2, -0.15) is 0 Å². The highest BCUT2D eigenvalue weighted by molar-refractivity contribution is 5.72. The fraction of sp³-hybridized carbons (Fsp3) is 0.909. The molecule has 1 N–H and O–H groups in total. The molecule has 0 aliphatic rings. The molecule has 4 nitrogen and oxygen atoms in total. The highest BCUT2D eigenvalue weighted by Gasteiger charge is 2.13. The first-order valence-corrected chi connectivity index (χ1v) is 5.56. The molecule has 1 unspecified atom stereocenters. The van der Waals surface area contributed by atoms with E-state index in [-0.39, 0.29) is 18.0 Å². The molecule has 0 rings (SSSR count). The topological polar surface area (TPSA) is 47.6 Å². The molecule has 4 heteroatoms. The van der Waals surface area contributed by atoms with Crippen LogP contribution in [0.4, 0.5) is 0 Å². The summed E-state index contributed by atoms with van der Waals surface area (Å²) >= 11 is 0. The van der Waals surface area contributed by atoms with Gasteiger partial charge in [-0.1, -0.05) is 13.8 Å². The van der Waals surface area contributed by atoms with Crippen LogP contribution in [0.3, 0.4) is 0 Å². The Bertz CT molecular complexity index is 171. The van der Waals surface area contributed by atoms with Gasteiger partial charge in [0.05, 0.1) is 18.6 Å². The van der Waals surface area contributed by atoms with E-state index in [0.29, 0.717) is 19.8 Å². The van der Waals surface area contributed by atoms with Crippen molar-refractivity contribution >= 4 is 5.97 Å². The van der Waals surface area contributed by atoms with Crippen LogP contribution in [0.2, 0.25) is 0 Å². The first-order valence-electron chi connectivity index (χ1n) is 5.56. The minimum atomic E-state index is -0.164. The Morgan fingerprint density at radius 2 is 1.93 bits per heavy atom. The number of carbonyl (C=O) groups is 1. The fourth-order valence-electron chi connectivity index (χ4n) is 1.01. The SMILES string of the molecule is CCNCC(C)C(=O)OCCOC(C)C. The molecular weight excluding hydrogens is 194 g/mol. The van der Waals surface area contributed by atoms with Crippen LogP contribution in [0.5, 0.6) is 0 Å². The number of carbonyl (C=O) groups excluding carboxylic acids is 1. The Morgan fingerprint density at radius 1 is 1.27 bits per heavy atom. The molecule has 0 aliphatic carbocycles. The third-order valence-corrected chi connectivity index (χ3v) is 1.88. The normalized spacial score (nSPS) is 12.9. The molecule has 0 aromatic heterocycles. The predicted octanol–water partition coefficient (Wildman–Crippen LogP) is 1.20. The van der Waals surface area contributed by atoms with E-state index in [4.69, 9.17) is 9.47 Å². The van der Waals surface area contributed by atoms with Crippen molar-refractivity contribution in [3.05, 3.63) is 0 Å². The van der Waals surface area contributed by atoms with E-state index in [2.05, 4.69) is 5.32 Å². The van der Waals surface area contributed by atoms with Crippen molar-refractivity contribution in [3.63, 3.8) is 0 Å². The second kappa shape index (κ2) is 8.68. The van der Waals surface area contributed by atoms with Gasteiger partial charge in [-0.05, 0) is 20.4 Å². The van der Waals surface area contributed by atoms with Crippen molar-refractivity contribution in [1.29, 1.82) is 0 Å². The van der Waals surface area contributed by atoms with Gasteiger partial charge >= 0.3 is 5.97 Å². The molecule has 15 heavy (non-hydrogen) atoms. The predicted molar refractivity (Wildman–Crippen MR) is 59.8 cm³/mol. The lowest BCUT2D eigenvalue weighted by Gasteiger charge is -2.12. The average Bonchev–Trinajstić information content (AvgIpc) is 2.20. The van der Waals surface area contributed by atoms with Gasteiger partial charge in [0.15, 0.2) is 0 Å². The first-order chi connectivity index (χ1) is 7.07. The van der Waals surface area contributed by atoms with Crippen LogP contribution in [0.25, 0.3) is 0 Å². The summed E-state index contributed by atoms with van der Waals surface area (Å²) in [5.41, 5.74) is 0. The van der Waals surface area contributed by atoms with E-state index in [0.717, 1.165) is 6.54 Å². The van der Waals surface area contributed by atoms with E-state index in [1.54, 1.807) is 0 Å². The van der Waals surface area contributed by atoms with Gasteiger partial charge in [-0.15, -0.1) is 0 Å². The maximum Gasteiger partial charge on any atom is 0.310 e. The highest BCUT2D eigenvalue weighted by atomic mass is 16.6. The first kappa shape index (κ1) is 14.4. The summed E-state index contributed by atoms with van der Waals surface area (Å²) < 4.78 is 10.3. The second-order valence-corrected chi connectivity index (χ2v) is 3.80. The van der Waals surface area contributed by atoms with Gasteiger partial charge < -0.3 is 14.8 Å². The molecule has 0 fully saturated rings. The van der Waals surface area contributed by atoms with Crippen LogP contribution in [0, 0.1) is 5.92 Å². The Hall–Kier alpha value is -0.610. The van der Waals surface area contributed by atoms with Crippen LogP contribution in [0.1, 0.15) is 27.7 Å². The van der Waals surface area contributed by atoms with Crippen LogP contribution >= 0.6 is 0 Å². The molecule has 1 atom stereocenters. The number of ether oxygens (including phenoxy) is 2. The van der Waals surface area contributed by atoms with Gasteiger partial charge in [0, 0.05) is 6.54 Å². The van der Waals surface area contributed by atoms with Crippen LogP contribution < -0.4 is 5.32 Å². The van der Waals surface area contributed by atoms with Crippen LogP contribution in [0.15, 0.2) is 0 Å². The number of nitrogens with one attached hydrogen (secondary N) is 1. The highest BCUT2D eigenvalue weighted by Crippen LogP contribution is 1.97. The largest absolute Gasteiger partial charge is 0.463 e. The smallest absolute Gasteiger partial charge is 0.310 e. The summed E-state index contributed by atoms with van der Waals surface area (Å²) in [4.78, 5) is 11.4. The third kappa shape index (κ3) is 8.39. The van der Waals surface area contributed by atoms with E-state index in [1.807, 2.05) is 27.7 Å². The van der Waals surface area contributed by atoms with E-state index in [9.17, 15) is 4.79 Å². The second-order valence-electron chi connectivity index (χ2n) is 3.80. The molecule has 0 heterocycles. The summed E-state index contributed by atoms with van der Waals surface area (Å²) in [6, 6.07) is 0. The van der Waals surface area contributed by atoms with Crippen molar-refractivity contribution < 1.29 is 14.3 Å². The molecule has 0 aromatic rings. The molecule has 0 aliphatic heterocycles. The fourth-order valence-corrected chi connectivity index (χ4v) is 1.01. The van der Waals surface area contributed by atoms with Crippen molar-refractivity contribution in [3.8, 4) is 0 Å². The zero-order valence-corrected chi connectivity index (χ0v) is 10.2. The van der Waals surface area contributed by atoms with Crippen LogP contribution in [-0.2, 0) is 14.3 Å². The quantitative estimate of drug-likeness (QED) is 0.490. The lowest BCUT2D eigenvalue weighted by Crippen LogP contribution is -2.28. The van der Waals surface area contributed by atoms with Crippen molar-refractivity contribution in [2.45, 2.75) is 33.8 Å². The standard InChI is InChI=1S/C11H23NO3/c1-5-12-8-10(4)11(13)15-7-6-14-9(2)3/h9-10,12H,5-8H2,1-4H3. The molecule has 0 saturated heterocycles. The molecule has 0 saturated carbocycles. The molecule has 0 aromatic carbocycles. The number of hydrogen-bond acceptors (Lipinski definition) is 4. The average molecular weight is 217 g/mol. The number of rotatable bonds is 8. The van der Waals surface area contributed by atoms with Gasteiger partial charge in [0.2, 0.25) is 0 Å². The maximum absolute atomic E-state index is 11.4. The van der Waals surface area contributed by atoms with Crippen molar-refractivity contribution in [1.82, 2.24) is 5.32 Å². The third-order valence-electron chi connectivity index (χ3n) is 1.88. The Morgan fingerprint density at radius 3 is 2.47 bits per heavy atom.